The summed E-state index contributed by atoms with van der Waals surface area (Å²) in [5.74, 6) is -0.178. The summed E-state index contributed by atoms with van der Waals surface area (Å²) in [6.07, 6.45) is 0.980. The lowest BCUT2D eigenvalue weighted by atomic mass is 10.2. The monoisotopic (exact) mass is 391 g/mol. The quantitative estimate of drug-likeness (QED) is 0.654. The van der Waals surface area contributed by atoms with Crippen molar-refractivity contribution in [2.24, 2.45) is 0 Å². The van der Waals surface area contributed by atoms with E-state index < -0.39 is 10.0 Å². The third kappa shape index (κ3) is 6.91. The van der Waals surface area contributed by atoms with Gasteiger partial charge < -0.3 is 15.4 Å². The van der Waals surface area contributed by atoms with Crippen molar-refractivity contribution in [2.45, 2.75) is 43.7 Å². The summed E-state index contributed by atoms with van der Waals surface area (Å²) >= 11 is 0. The lowest BCUT2D eigenvalue weighted by Gasteiger charge is -2.23. The highest BCUT2D eigenvalue weighted by atomic mass is 35.5. The predicted octanol–water partition coefficient (Wildman–Crippen LogP) is 1.50. The molecule has 1 amide bonds. The topological polar surface area (TPSA) is 96.5 Å². The summed E-state index contributed by atoms with van der Waals surface area (Å²) in [7, 11) is -3.59. The van der Waals surface area contributed by atoms with Crippen molar-refractivity contribution in [1.82, 2.24) is 10.0 Å². The predicted molar refractivity (Wildman–Crippen MR) is 99.6 cm³/mol. The minimum atomic E-state index is -3.59. The van der Waals surface area contributed by atoms with Gasteiger partial charge in [-0.15, -0.1) is 12.4 Å². The fourth-order valence-corrected chi connectivity index (χ4v) is 3.72. The number of rotatable bonds is 7. The van der Waals surface area contributed by atoms with E-state index in [2.05, 4.69) is 15.4 Å². The largest absolute Gasteiger partial charge is 0.378 e. The van der Waals surface area contributed by atoms with Crippen LogP contribution >= 0.6 is 12.4 Å². The Bertz CT molecular complexity index is 663. The maximum atomic E-state index is 12.3. The highest BCUT2D eigenvalue weighted by Gasteiger charge is 2.19. The van der Waals surface area contributed by atoms with Gasteiger partial charge >= 0.3 is 0 Å². The van der Waals surface area contributed by atoms with Crippen LogP contribution in [-0.4, -0.2) is 46.2 Å². The summed E-state index contributed by atoms with van der Waals surface area (Å²) < 4.78 is 32.5. The number of amides is 1. The molecule has 0 aromatic heterocycles. The lowest BCUT2D eigenvalue weighted by Crippen LogP contribution is -2.43. The maximum absolute atomic E-state index is 12.3. The highest BCUT2D eigenvalue weighted by Crippen LogP contribution is 2.16. The average Bonchev–Trinajstić information content (AvgIpc) is 2.55. The fourth-order valence-electron chi connectivity index (χ4n) is 2.34. The standard InChI is InChI=1S/C16H25N3O4S.ClH/c1-3-12(2)19-24(21,22)15-6-4-5-13(9-15)18-16(20)10-14-11-23-8-7-17-14;/h4-6,9,12,14,17,19H,3,7-8,10-11H2,1-2H3,(H,18,20);1H. The van der Waals surface area contributed by atoms with Crippen molar-refractivity contribution in [3.8, 4) is 0 Å². The molecule has 1 heterocycles. The number of hydrogen-bond acceptors (Lipinski definition) is 5. The van der Waals surface area contributed by atoms with E-state index in [0.717, 1.165) is 6.54 Å². The Balaban J connectivity index is 0.00000312. The molecule has 0 spiro atoms. The lowest BCUT2D eigenvalue weighted by molar-refractivity contribution is -0.117. The molecule has 0 saturated carbocycles. The molecular weight excluding hydrogens is 366 g/mol. The van der Waals surface area contributed by atoms with Crippen LogP contribution in [0.15, 0.2) is 29.2 Å². The molecule has 3 N–H and O–H groups in total. The molecular formula is C16H26ClN3O4S. The third-order valence-corrected chi connectivity index (χ3v) is 5.41. The van der Waals surface area contributed by atoms with Crippen LogP contribution < -0.4 is 15.4 Å². The molecule has 25 heavy (non-hydrogen) atoms. The summed E-state index contributed by atoms with van der Waals surface area (Å²) in [6, 6.07) is 6.10. The molecule has 0 bridgehead atoms. The SMILES string of the molecule is CCC(C)NS(=O)(=O)c1cccc(NC(=O)CC2COCCN2)c1.Cl. The van der Waals surface area contributed by atoms with E-state index in [0.29, 0.717) is 25.3 Å². The summed E-state index contributed by atoms with van der Waals surface area (Å²) in [6.45, 7) is 5.60. The van der Waals surface area contributed by atoms with Crippen LogP contribution in [0.25, 0.3) is 0 Å². The molecule has 0 aliphatic carbocycles. The molecule has 1 aromatic rings. The number of sulfonamides is 1. The van der Waals surface area contributed by atoms with Crippen LogP contribution in [0.4, 0.5) is 5.69 Å². The number of morpholine rings is 1. The van der Waals surface area contributed by atoms with E-state index in [1.807, 2.05) is 13.8 Å². The molecule has 1 aliphatic rings. The van der Waals surface area contributed by atoms with Gasteiger partial charge in [0, 0.05) is 30.7 Å². The smallest absolute Gasteiger partial charge is 0.240 e. The van der Waals surface area contributed by atoms with Gasteiger partial charge in [-0.3, -0.25) is 4.79 Å². The Labute approximate surface area is 155 Å². The van der Waals surface area contributed by atoms with Gasteiger partial charge in [0.25, 0.3) is 0 Å². The number of halogens is 1. The van der Waals surface area contributed by atoms with Gasteiger partial charge in [0.15, 0.2) is 0 Å². The van der Waals surface area contributed by atoms with Crippen molar-refractivity contribution in [3.05, 3.63) is 24.3 Å². The van der Waals surface area contributed by atoms with Crippen molar-refractivity contribution >= 4 is 34.0 Å². The number of carbonyl (C=O) groups excluding carboxylic acids is 1. The zero-order chi connectivity index (χ0) is 17.6. The molecule has 142 valence electrons. The third-order valence-electron chi connectivity index (χ3n) is 3.83. The Morgan fingerprint density at radius 3 is 2.84 bits per heavy atom. The zero-order valence-corrected chi connectivity index (χ0v) is 16.1. The second-order valence-electron chi connectivity index (χ2n) is 5.94. The van der Waals surface area contributed by atoms with Crippen molar-refractivity contribution < 1.29 is 17.9 Å². The first-order valence-corrected chi connectivity index (χ1v) is 9.62. The van der Waals surface area contributed by atoms with Crippen LogP contribution in [0.1, 0.15) is 26.7 Å². The van der Waals surface area contributed by atoms with Gasteiger partial charge in [0.1, 0.15) is 0 Å². The molecule has 1 aliphatic heterocycles. The molecule has 1 fully saturated rings. The van der Waals surface area contributed by atoms with Gasteiger partial charge in [-0.1, -0.05) is 13.0 Å². The van der Waals surface area contributed by atoms with Crippen LogP contribution in [-0.2, 0) is 19.6 Å². The first-order chi connectivity index (χ1) is 11.4. The molecule has 1 aromatic carbocycles. The summed E-state index contributed by atoms with van der Waals surface area (Å²) in [5.41, 5.74) is 0.462. The average molecular weight is 392 g/mol. The second-order valence-corrected chi connectivity index (χ2v) is 7.65. The van der Waals surface area contributed by atoms with Gasteiger partial charge in [-0.25, -0.2) is 13.1 Å². The number of ether oxygens (including phenoxy) is 1. The highest BCUT2D eigenvalue weighted by molar-refractivity contribution is 7.89. The number of benzene rings is 1. The van der Waals surface area contributed by atoms with Crippen LogP contribution in [0, 0.1) is 0 Å². The number of anilines is 1. The second kappa shape index (κ2) is 10.1. The first-order valence-electron chi connectivity index (χ1n) is 8.14. The van der Waals surface area contributed by atoms with Gasteiger partial charge in [0.2, 0.25) is 15.9 Å². The minimum absolute atomic E-state index is 0. The Morgan fingerprint density at radius 1 is 1.44 bits per heavy atom. The minimum Gasteiger partial charge on any atom is -0.378 e. The first kappa shape index (κ1) is 21.9. The van der Waals surface area contributed by atoms with Crippen molar-refractivity contribution in [2.75, 3.05) is 25.1 Å². The summed E-state index contributed by atoms with van der Waals surface area (Å²) in [5, 5.41) is 5.95. The van der Waals surface area contributed by atoms with E-state index in [1.54, 1.807) is 12.1 Å². The van der Waals surface area contributed by atoms with E-state index in [4.69, 9.17) is 4.74 Å². The van der Waals surface area contributed by atoms with Crippen LogP contribution in [0.3, 0.4) is 0 Å². The van der Waals surface area contributed by atoms with E-state index in [-0.39, 0.29) is 41.7 Å². The molecule has 0 radical (unpaired) electrons. The number of nitrogens with one attached hydrogen (secondary N) is 3. The van der Waals surface area contributed by atoms with E-state index >= 15 is 0 Å². The number of hydrogen-bond donors (Lipinski definition) is 3. The van der Waals surface area contributed by atoms with Gasteiger partial charge in [0.05, 0.1) is 18.1 Å². The maximum Gasteiger partial charge on any atom is 0.240 e. The molecule has 2 atom stereocenters. The van der Waals surface area contributed by atoms with E-state index in [9.17, 15) is 13.2 Å². The van der Waals surface area contributed by atoms with Crippen LogP contribution in [0.5, 0.6) is 0 Å². The molecule has 1 saturated heterocycles. The zero-order valence-electron chi connectivity index (χ0n) is 14.4. The van der Waals surface area contributed by atoms with E-state index in [1.165, 1.54) is 12.1 Å². The van der Waals surface area contributed by atoms with Crippen molar-refractivity contribution in [1.29, 1.82) is 0 Å². The Kier molecular flexibility index (Phi) is 8.81. The Hall–Kier alpha value is -1.19. The molecule has 9 heteroatoms. The normalized spacial score (nSPS) is 18.9. The van der Waals surface area contributed by atoms with Crippen LogP contribution in [0.2, 0.25) is 0 Å². The molecule has 2 rings (SSSR count). The summed E-state index contributed by atoms with van der Waals surface area (Å²) in [4.78, 5) is 12.2. The van der Waals surface area contributed by atoms with Gasteiger partial charge in [-0.2, -0.15) is 0 Å². The molecule has 7 nitrogen and oxygen atoms in total. The number of carbonyl (C=O) groups is 1. The van der Waals surface area contributed by atoms with Crippen molar-refractivity contribution in [3.63, 3.8) is 0 Å². The molecule has 2 unspecified atom stereocenters. The fraction of sp³-hybridized carbons (Fsp3) is 0.562. The Morgan fingerprint density at radius 2 is 2.20 bits per heavy atom. The van der Waals surface area contributed by atoms with Gasteiger partial charge in [-0.05, 0) is 31.5 Å².